The molecule has 0 saturated heterocycles. The molecule has 116 valence electrons. The molecule has 0 amide bonds. The van der Waals surface area contributed by atoms with Crippen LogP contribution in [0.1, 0.15) is 52.4 Å². The lowest BCUT2D eigenvalue weighted by atomic mass is 9.97. The van der Waals surface area contributed by atoms with Gasteiger partial charge in [0.05, 0.1) is 22.7 Å². The van der Waals surface area contributed by atoms with Crippen molar-refractivity contribution in [2.24, 2.45) is 0 Å². The molecule has 0 saturated carbocycles. The van der Waals surface area contributed by atoms with E-state index in [0.717, 1.165) is 30.7 Å². The van der Waals surface area contributed by atoms with Gasteiger partial charge in [0.15, 0.2) is 0 Å². The van der Waals surface area contributed by atoms with Gasteiger partial charge in [-0.25, -0.2) is 4.98 Å². The van der Waals surface area contributed by atoms with Crippen LogP contribution >= 0.6 is 0 Å². The van der Waals surface area contributed by atoms with Crippen molar-refractivity contribution in [3.8, 4) is 0 Å². The summed E-state index contributed by atoms with van der Waals surface area (Å²) in [5, 5.41) is 13.8. The minimum atomic E-state index is -0.628. The number of imidazole rings is 1. The Hall–Kier alpha value is -1.39. The second-order valence-electron chi connectivity index (χ2n) is 5.74. The summed E-state index contributed by atoms with van der Waals surface area (Å²) in [7, 11) is 0. The molecule has 1 unspecified atom stereocenters. The Morgan fingerprint density at radius 1 is 1.24 bits per heavy atom. The molecular weight excluding hydrogens is 262 g/mol. The highest BCUT2D eigenvalue weighted by molar-refractivity contribution is 5.76. The molecule has 1 aromatic heterocycles. The van der Waals surface area contributed by atoms with E-state index in [1.165, 1.54) is 5.52 Å². The molecule has 0 fully saturated rings. The van der Waals surface area contributed by atoms with E-state index in [4.69, 9.17) is 4.98 Å². The SMILES string of the molecule is CCn1c(C(C)NCC(O)(CC)CC)nc2ccccc21. The van der Waals surface area contributed by atoms with Gasteiger partial charge in [-0.1, -0.05) is 26.0 Å². The van der Waals surface area contributed by atoms with Crippen LogP contribution < -0.4 is 5.32 Å². The van der Waals surface area contributed by atoms with E-state index in [-0.39, 0.29) is 6.04 Å². The van der Waals surface area contributed by atoms with Gasteiger partial charge < -0.3 is 15.0 Å². The predicted octanol–water partition coefficient (Wildman–Crippen LogP) is 3.26. The van der Waals surface area contributed by atoms with Crippen molar-refractivity contribution >= 4 is 11.0 Å². The highest BCUT2D eigenvalue weighted by atomic mass is 16.3. The average molecular weight is 289 g/mol. The largest absolute Gasteiger partial charge is 0.389 e. The first-order valence-electron chi connectivity index (χ1n) is 7.95. The summed E-state index contributed by atoms with van der Waals surface area (Å²) in [5.41, 5.74) is 1.58. The summed E-state index contributed by atoms with van der Waals surface area (Å²) in [6, 6.07) is 8.33. The van der Waals surface area contributed by atoms with E-state index >= 15 is 0 Å². The fourth-order valence-corrected chi connectivity index (χ4v) is 2.69. The number of nitrogens with zero attached hydrogens (tertiary/aromatic N) is 2. The van der Waals surface area contributed by atoms with E-state index in [1.54, 1.807) is 0 Å². The maximum Gasteiger partial charge on any atom is 0.126 e. The number of rotatable bonds is 7. The number of aromatic nitrogens is 2. The first-order chi connectivity index (χ1) is 10.0. The van der Waals surface area contributed by atoms with Crippen LogP contribution in [-0.2, 0) is 6.54 Å². The first-order valence-corrected chi connectivity index (χ1v) is 7.95. The van der Waals surface area contributed by atoms with Gasteiger partial charge in [0.1, 0.15) is 5.82 Å². The lowest BCUT2D eigenvalue weighted by Gasteiger charge is -2.27. The Morgan fingerprint density at radius 3 is 2.52 bits per heavy atom. The topological polar surface area (TPSA) is 50.1 Å². The van der Waals surface area contributed by atoms with Crippen molar-refractivity contribution in [3.05, 3.63) is 30.1 Å². The van der Waals surface area contributed by atoms with Crippen LogP contribution in [0.5, 0.6) is 0 Å². The van der Waals surface area contributed by atoms with E-state index in [9.17, 15) is 5.11 Å². The summed E-state index contributed by atoms with van der Waals surface area (Å²) >= 11 is 0. The molecule has 2 rings (SSSR count). The van der Waals surface area contributed by atoms with Gasteiger partial charge >= 0.3 is 0 Å². The molecule has 2 aromatic rings. The third kappa shape index (κ3) is 3.27. The number of hydrogen-bond acceptors (Lipinski definition) is 3. The molecule has 0 spiro atoms. The lowest BCUT2D eigenvalue weighted by Crippen LogP contribution is -2.40. The van der Waals surface area contributed by atoms with Gasteiger partial charge in [0.25, 0.3) is 0 Å². The zero-order valence-corrected chi connectivity index (χ0v) is 13.6. The van der Waals surface area contributed by atoms with Gasteiger partial charge in [0, 0.05) is 13.1 Å². The molecule has 4 nitrogen and oxygen atoms in total. The summed E-state index contributed by atoms with van der Waals surface area (Å²) in [6.07, 6.45) is 1.51. The van der Waals surface area contributed by atoms with E-state index < -0.39 is 5.60 Å². The summed E-state index contributed by atoms with van der Waals surface area (Å²) in [6.45, 7) is 9.79. The number of fused-ring (bicyclic) bond motifs is 1. The molecule has 0 radical (unpaired) electrons. The van der Waals surface area contributed by atoms with Gasteiger partial charge in [-0.15, -0.1) is 0 Å². The molecular formula is C17H27N3O. The van der Waals surface area contributed by atoms with Crippen LogP contribution in [0.15, 0.2) is 24.3 Å². The highest BCUT2D eigenvalue weighted by Gasteiger charge is 2.24. The number of hydrogen-bond donors (Lipinski definition) is 2. The third-order valence-corrected chi connectivity index (χ3v) is 4.44. The maximum atomic E-state index is 10.4. The number of para-hydroxylation sites is 2. The lowest BCUT2D eigenvalue weighted by molar-refractivity contribution is 0.0300. The average Bonchev–Trinajstić information content (AvgIpc) is 2.90. The van der Waals surface area contributed by atoms with Crippen LogP contribution in [0.2, 0.25) is 0 Å². The van der Waals surface area contributed by atoms with E-state index in [0.29, 0.717) is 6.54 Å². The molecule has 0 aliphatic rings. The number of nitrogens with one attached hydrogen (secondary N) is 1. The molecule has 4 heteroatoms. The van der Waals surface area contributed by atoms with Crippen LogP contribution in [-0.4, -0.2) is 26.8 Å². The van der Waals surface area contributed by atoms with Gasteiger partial charge in [-0.3, -0.25) is 0 Å². The summed E-state index contributed by atoms with van der Waals surface area (Å²) < 4.78 is 2.24. The molecule has 21 heavy (non-hydrogen) atoms. The van der Waals surface area contributed by atoms with Crippen molar-refractivity contribution in [2.75, 3.05) is 6.54 Å². The second kappa shape index (κ2) is 6.58. The normalized spacial score (nSPS) is 13.8. The number of benzene rings is 1. The van der Waals surface area contributed by atoms with E-state index in [2.05, 4.69) is 29.8 Å². The van der Waals surface area contributed by atoms with Crippen LogP contribution in [0.4, 0.5) is 0 Å². The third-order valence-electron chi connectivity index (χ3n) is 4.44. The Morgan fingerprint density at radius 2 is 1.90 bits per heavy atom. The van der Waals surface area contributed by atoms with Crippen LogP contribution in [0.25, 0.3) is 11.0 Å². The summed E-state index contributed by atoms with van der Waals surface area (Å²) in [4.78, 5) is 4.75. The molecule has 1 atom stereocenters. The molecule has 0 aliphatic heterocycles. The Kier molecular flexibility index (Phi) is 5.01. The van der Waals surface area contributed by atoms with Crippen molar-refractivity contribution in [3.63, 3.8) is 0 Å². The maximum absolute atomic E-state index is 10.4. The zero-order valence-electron chi connectivity index (χ0n) is 13.6. The Balaban J connectivity index is 2.21. The minimum absolute atomic E-state index is 0.113. The summed E-state index contributed by atoms with van der Waals surface area (Å²) in [5.74, 6) is 1.04. The fraction of sp³-hybridized carbons (Fsp3) is 0.588. The molecule has 1 aromatic carbocycles. The van der Waals surface area contributed by atoms with Crippen LogP contribution in [0, 0.1) is 0 Å². The Labute approximate surface area is 127 Å². The van der Waals surface area contributed by atoms with Gasteiger partial charge in [-0.2, -0.15) is 0 Å². The molecule has 2 N–H and O–H groups in total. The van der Waals surface area contributed by atoms with Gasteiger partial charge in [0.2, 0.25) is 0 Å². The van der Waals surface area contributed by atoms with Crippen molar-refractivity contribution < 1.29 is 5.11 Å². The second-order valence-corrected chi connectivity index (χ2v) is 5.74. The standard InChI is InChI=1S/C17H27N3O/c1-5-17(21,6-2)12-18-13(4)16-19-14-10-8-9-11-15(14)20(16)7-3/h8-11,13,18,21H,5-7,12H2,1-4H3. The first kappa shape index (κ1) is 16.0. The molecule has 0 bridgehead atoms. The Bertz CT molecular complexity index is 587. The zero-order chi connectivity index (χ0) is 15.5. The van der Waals surface area contributed by atoms with E-state index in [1.807, 2.05) is 32.0 Å². The molecule has 1 heterocycles. The number of aryl methyl sites for hydroxylation is 1. The van der Waals surface area contributed by atoms with Gasteiger partial charge in [-0.05, 0) is 38.8 Å². The quantitative estimate of drug-likeness (QED) is 0.822. The van der Waals surface area contributed by atoms with Crippen LogP contribution in [0.3, 0.4) is 0 Å². The van der Waals surface area contributed by atoms with Crippen molar-refractivity contribution in [1.82, 2.24) is 14.9 Å². The highest BCUT2D eigenvalue weighted by Crippen LogP contribution is 2.22. The minimum Gasteiger partial charge on any atom is -0.389 e. The monoisotopic (exact) mass is 289 g/mol. The predicted molar refractivity (Wildman–Crippen MR) is 87.4 cm³/mol. The molecule has 0 aliphatic carbocycles. The van der Waals surface area contributed by atoms with Crippen molar-refractivity contribution in [2.45, 2.75) is 58.7 Å². The number of aliphatic hydroxyl groups is 1. The smallest absolute Gasteiger partial charge is 0.126 e. The van der Waals surface area contributed by atoms with Crippen molar-refractivity contribution in [1.29, 1.82) is 0 Å². The fourth-order valence-electron chi connectivity index (χ4n) is 2.69.